The van der Waals surface area contributed by atoms with Gasteiger partial charge in [-0.25, -0.2) is 0 Å². The van der Waals surface area contributed by atoms with E-state index < -0.39 is 11.1 Å². The van der Waals surface area contributed by atoms with Crippen LogP contribution in [0.3, 0.4) is 0 Å². The van der Waals surface area contributed by atoms with Crippen molar-refractivity contribution in [3.63, 3.8) is 0 Å². The molecule has 310 valence electrons. The number of pyridine rings is 3. The van der Waals surface area contributed by atoms with Crippen LogP contribution in [0.4, 0.5) is 5.69 Å². The molecule has 0 amide bonds. The molecule has 7 nitrogen and oxygen atoms in total. The Hall–Kier alpha value is -8.16. The van der Waals surface area contributed by atoms with Gasteiger partial charge in [-0.05, 0) is 127 Å². The summed E-state index contributed by atoms with van der Waals surface area (Å²) in [6.07, 6.45) is 18.9. The summed E-state index contributed by atoms with van der Waals surface area (Å²) < 4.78 is 9.52. The first-order chi connectivity index (χ1) is 32.0. The SMILES string of the molecule is CC12C=CC(N3c4ccc(-c5ccccc5-c5ccccn5)cc4C4(C)N=CC=CC34)=CC1c1cccc(-n3c4ccc(-c5ccccc5-c5ccccn5)cc4c4ncccc43)c1O2. The van der Waals surface area contributed by atoms with Crippen LogP contribution in [-0.4, -0.2) is 37.4 Å². The van der Waals surface area contributed by atoms with Crippen LogP contribution in [0.1, 0.15) is 30.9 Å². The average Bonchev–Trinajstić information content (AvgIpc) is 3.96. The number of hydrogen-bond acceptors (Lipinski definition) is 6. The molecule has 7 heteroatoms. The number of benzene rings is 5. The first-order valence-corrected chi connectivity index (χ1v) is 22.3. The maximum Gasteiger partial charge on any atom is 0.148 e. The number of hydrogen-bond donors (Lipinski definition) is 0. The Labute approximate surface area is 377 Å². The molecule has 0 spiro atoms. The zero-order chi connectivity index (χ0) is 43.3. The van der Waals surface area contributed by atoms with E-state index in [1.165, 1.54) is 5.56 Å². The van der Waals surface area contributed by atoms with Gasteiger partial charge in [0, 0.05) is 63.8 Å². The Balaban J connectivity index is 0.910. The normalized spacial score (nSPS) is 21.2. The van der Waals surface area contributed by atoms with Gasteiger partial charge in [-0.2, -0.15) is 0 Å². The van der Waals surface area contributed by atoms with Crippen LogP contribution in [-0.2, 0) is 5.54 Å². The fourth-order valence-corrected chi connectivity index (χ4v) is 10.9. The van der Waals surface area contributed by atoms with Gasteiger partial charge in [0.2, 0.25) is 0 Å². The van der Waals surface area contributed by atoms with E-state index in [4.69, 9.17) is 24.7 Å². The quantitative estimate of drug-likeness (QED) is 0.167. The van der Waals surface area contributed by atoms with Gasteiger partial charge in [0.15, 0.2) is 0 Å². The first-order valence-electron chi connectivity index (χ1n) is 22.3. The molecule has 0 saturated heterocycles. The molecule has 0 radical (unpaired) electrons. The molecule has 0 N–H and O–H groups in total. The fourth-order valence-electron chi connectivity index (χ4n) is 10.9. The molecular formula is C58H42N6O. The number of dihydropyridines is 1. The molecule has 7 heterocycles. The van der Waals surface area contributed by atoms with Crippen molar-refractivity contribution in [3.8, 4) is 56.2 Å². The van der Waals surface area contributed by atoms with Crippen molar-refractivity contribution in [1.29, 1.82) is 0 Å². The van der Waals surface area contributed by atoms with Crippen molar-refractivity contribution >= 4 is 33.8 Å². The molecule has 0 fully saturated rings. The number of rotatable bonds is 6. The molecule has 9 aromatic rings. The van der Waals surface area contributed by atoms with Gasteiger partial charge in [-0.3, -0.25) is 19.9 Å². The molecule has 4 aliphatic rings. The van der Waals surface area contributed by atoms with E-state index in [1.54, 1.807) is 0 Å². The molecule has 0 saturated carbocycles. The van der Waals surface area contributed by atoms with Crippen molar-refractivity contribution in [3.05, 3.63) is 217 Å². The number of anilines is 1. The van der Waals surface area contributed by atoms with Crippen LogP contribution in [0, 0.1) is 0 Å². The summed E-state index contributed by atoms with van der Waals surface area (Å²) in [6, 6.07) is 53.5. The summed E-state index contributed by atoms with van der Waals surface area (Å²) in [5, 5.41) is 1.08. The van der Waals surface area contributed by atoms with Gasteiger partial charge in [-0.1, -0.05) is 91.0 Å². The van der Waals surface area contributed by atoms with Crippen LogP contribution >= 0.6 is 0 Å². The Morgan fingerprint density at radius 1 is 0.600 bits per heavy atom. The maximum atomic E-state index is 7.19. The van der Waals surface area contributed by atoms with Crippen LogP contribution in [0.5, 0.6) is 5.75 Å². The summed E-state index contributed by atoms with van der Waals surface area (Å²) in [5.74, 6) is 0.855. The summed E-state index contributed by atoms with van der Waals surface area (Å²) in [6.45, 7) is 4.48. The van der Waals surface area contributed by atoms with E-state index in [9.17, 15) is 0 Å². The second-order valence-electron chi connectivity index (χ2n) is 17.7. The molecule has 0 bridgehead atoms. The summed E-state index contributed by atoms with van der Waals surface area (Å²) in [7, 11) is 0. The third-order valence-electron chi connectivity index (χ3n) is 14.0. The van der Waals surface area contributed by atoms with Crippen LogP contribution in [0.2, 0.25) is 0 Å². The minimum absolute atomic E-state index is 0.0110. The monoisotopic (exact) mass is 838 g/mol. The number of aromatic nitrogens is 4. The highest BCUT2D eigenvalue weighted by Gasteiger charge is 2.51. The number of ether oxygens (including phenoxy) is 1. The maximum absolute atomic E-state index is 7.19. The lowest BCUT2D eigenvalue weighted by atomic mass is 9.81. The molecule has 4 atom stereocenters. The smallest absolute Gasteiger partial charge is 0.148 e. The van der Waals surface area contributed by atoms with Gasteiger partial charge >= 0.3 is 0 Å². The predicted molar refractivity (Wildman–Crippen MR) is 263 cm³/mol. The highest BCUT2D eigenvalue weighted by Crippen LogP contribution is 2.56. The summed E-state index contributed by atoms with van der Waals surface area (Å²) in [5.41, 5.74) is 16.3. The molecule has 13 rings (SSSR count). The third kappa shape index (κ3) is 5.61. The van der Waals surface area contributed by atoms with Crippen molar-refractivity contribution in [2.45, 2.75) is 36.9 Å². The highest BCUT2D eigenvalue weighted by atomic mass is 16.5. The third-order valence-corrected chi connectivity index (χ3v) is 14.0. The zero-order valence-corrected chi connectivity index (χ0v) is 35.9. The number of aliphatic imine (C=N–C) groups is 1. The minimum Gasteiger partial charge on any atom is -0.480 e. The topological polar surface area (TPSA) is 68.4 Å². The number of fused-ring (bicyclic) bond motifs is 9. The van der Waals surface area contributed by atoms with Crippen LogP contribution in [0.25, 0.3) is 72.4 Å². The number of allylic oxidation sites excluding steroid dienone is 2. The Morgan fingerprint density at radius 2 is 1.29 bits per heavy atom. The standard InChI is InChI=1S/C58H42N6O/c1-57-29-28-39(63-51-27-25-38(35-47(51)58(2)54(63)23-13-33-62-58)41-15-4-6-17-43(41)49-20-8-10-31-60-49)36-46(57)44-18-11-21-53(56(44)65-57)64-50-26-24-37(34-45(50)55-52(64)22-12-32-61-55)40-14-3-5-16-42(40)48-19-7-9-30-59-48/h3-36,46,54H,1-2H3. The largest absolute Gasteiger partial charge is 0.480 e. The Kier molecular flexibility index (Phi) is 8.16. The van der Waals surface area contributed by atoms with Gasteiger partial charge in [0.05, 0.1) is 45.6 Å². The van der Waals surface area contributed by atoms with Gasteiger partial charge in [0.25, 0.3) is 0 Å². The fraction of sp³-hybridized carbons (Fsp3) is 0.103. The number of nitrogens with zero attached hydrogens (tertiary/aromatic N) is 6. The number of para-hydroxylation sites is 1. The molecule has 4 unspecified atom stereocenters. The molecule has 1 aliphatic carbocycles. The van der Waals surface area contributed by atoms with E-state index in [0.29, 0.717) is 0 Å². The van der Waals surface area contributed by atoms with E-state index in [-0.39, 0.29) is 12.0 Å². The lowest BCUT2D eigenvalue weighted by Gasteiger charge is -2.37. The van der Waals surface area contributed by atoms with E-state index in [0.717, 1.165) is 95.1 Å². The highest BCUT2D eigenvalue weighted by molar-refractivity contribution is 6.09. The minimum atomic E-state index is -0.591. The van der Waals surface area contributed by atoms with Crippen LogP contribution < -0.4 is 9.64 Å². The summed E-state index contributed by atoms with van der Waals surface area (Å²) in [4.78, 5) is 22.1. The molecular weight excluding hydrogens is 797 g/mol. The Morgan fingerprint density at radius 3 is 2.03 bits per heavy atom. The zero-order valence-electron chi connectivity index (χ0n) is 35.9. The molecule has 4 aromatic heterocycles. The van der Waals surface area contributed by atoms with Crippen LogP contribution in [0.15, 0.2) is 211 Å². The van der Waals surface area contributed by atoms with Gasteiger partial charge < -0.3 is 14.2 Å². The predicted octanol–water partition coefficient (Wildman–Crippen LogP) is 13.1. The lowest BCUT2D eigenvalue weighted by Crippen LogP contribution is -2.42. The Bertz CT molecular complexity index is 3530. The van der Waals surface area contributed by atoms with Crippen molar-refractivity contribution in [2.24, 2.45) is 4.99 Å². The first kappa shape index (κ1) is 37.4. The van der Waals surface area contributed by atoms with Crippen molar-refractivity contribution in [2.75, 3.05) is 4.90 Å². The van der Waals surface area contributed by atoms with Gasteiger partial charge in [0.1, 0.15) is 16.9 Å². The molecule has 3 aliphatic heterocycles. The second-order valence-corrected chi connectivity index (χ2v) is 17.7. The molecule has 5 aromatic carbocycles. The molecule has 65 heavy (non-hydrogen) atoms. The van der Waals surface area contributed by atoms with Crippen molar-refractivity contribution in [1.82, 2.24) is 19.5 Å². The second kappa shape index (κ2) is 14.2. The van der Waals surface area contributed by atoms with E-state index in [2.05, 4.69) is 175 Å². The average molecular weight is 839 g/mol. The summed E-state index contributed by atoms with van der Waals surface area (Å²) >= 11 is 0. The van der Waals surface area contributed by atoms with E-state index in [1.807, 2.05) is 55.1 Å². The van der Waals surface area contributed by atoms with Gasteiger partial charge in [-0.15, -0.1) is 0 Å². The lowest BCUT2D eigenvalue weighted by molar-refractivity contribution is 0.154. The van der Waals surface area contributed by atoms with E-state index >= 15 is 0 Å². The van der Waals surface area contributed by atoms with Crippen molar-refractivity contribution < 1.29 is 4.74 Å².